The molecule has 2 aromatic heterocycles. The average molecular weight is 414 g/mol. The molecule has 1 aliphatic rings. The minimum absolute atomic E-state index is 0.351. The molecular weight excluding hydrogens is 390 g/mol. The summed E-state index contributed by atoms with van der Waals surface area (Å²) in [6.07, 6.45) is 6.47. The van der Waals surface area contributed by atoms with Gasteiger partial charge in [0.1, 0.15) is 12.1 Å². The van der Waals surface area contributed by atoms with Gasteiger partial charge in [-0.1, -0.05) is 42.0 Å². The molecule has 0 radical (unpaired) electrons. The molecule has 0 amide bonds. The Labute approximate surface area is 180 Å². The van der Waals surface area contributed by atoms with Crippen LogP contribution in [0.2, 0.25) is 0 Å². The first-order valence-corrected chi connectivity index (χ1v) is 11.0. The highest BCUT2D eigenvalue weighted by Crippen LogP contribution is 2.29. The number of thiophene rings is 1. The van der Waals surface area contributed by atoms with Crippen LogP contribution in [0.3, 0.4) is 0 Å². The molecule has 0 saturated heterocycles. The van der Waals surface area contributed by atoms with Crippen molar-refractivity contribution in [3.05, 3.63) is 101 Å². The average Bonchev–Trinajstić information content (AvgIpc) is 3.51. The van der Waals surface area contributed by atoms with Crippen LogP contribution in [0.25, 0.3) is 11.1 Å². The maximum Gasteiger partial charge on any atom is 0.216 e. The fourth-order valence-electron chi connectivity index (χ4n) is 4.01. The largest absolute Gasteiger partial charge is 0.475 e. The van der Waals surface area contributed by atoms with Crippen LogP contribution in [0.5, 0.6) is 0 Å². The lowest BCUT2D eigenvalue weighted by atomic mass is 9.91. The predicted molar refractivity (Wildman–Crippen MR) is 122 cm³/mol. The molecule has 1 atom stereocenters. The third-order valence-electron chi connectivity index (χ3n) is 5.45. The van der Waals surface area contributed by atoms with Crippen molar-refractivity contribution in [2.45, 2.75) is 25.4 Å². The highest BCUT2D eigenvalue weighted by Gasteiger charge is 2.38. The Kier molecular flexibility index (Phi) is 4.97. The van der Waals surface area contributed by atoms with Gasteiger partial charge in [0.05, 0.1) is 12.9 Å². The molecule has 0 spiro atoms. The third kappa shape index (κ3) is 3.94. The van der Waals surface area contributed by atoms with E-state index in [1.807, 2.05) is 18.7 Å². The van der Waals surface area contributed by atoms with Crippen LogP contribution in [0.15, 0.2) is 89.1 Å². The molecule has 3 heterocycles. The molecule has 30 heavy (non-hydrogen) atoms. The SMILES string of the molecule is Cc1cccc(CC2(Cn3ccnc3)COC(c3ccc(-c4ccsc4)cc3)=N2)c1. The van der Waals surface area contributed by atoms with E-state index in [-0.39, 0.29) is 5.54 Å². The van der Waals surface area contributed by atoms with Crippen molar-refractivity contribution >= 4 is 17.2 Å². The molecule has 5 rings (SSSR count). The van der Waals surface area contributed by atoms with Crippen LogP contribution in [0, 0.1) is 6.92 Å². The van der Waals surface area contributed by atoms with Gasteiger partial charge in [0, 0.05) is 24.4 Å². The Morgan fingerprint density at radius 1 is 1.07 bits per heavy atom. The van der Waals surface area contributed by atoms with Crippen molar-refractivity contribution in [2.75, 3.05) is 6.61 Å². The van der Waals surface area contributed by atoms with E-state index in [2.05, 4.69) is 81.8 Å². The molecule has 0 saturated carbocycles. The number of hydrogen-bond acceptors (Lipinski definition) is 4. The van der Waals surface area contributed by atoms with Crippen molar-refractivity contribution in [2.24, 2.45) is 4.99 Å². The normalized spacial score (nSPS) is 18.2. The molecule has 0 aliphatic carbocycles. The second-order valence-electron chi connectivity index (χ2n) is 7.92. The third-order valence-corrected chi connectivity index (χ3v) is 6.14. The van der Waals surface area contributed by atoms with Gasteiger partial charge in [0.15, 0.2) is 0 Å². The second kappa shape index (κ2) is 7.92. The molecular formula is C25H23N3OS. The lowest BCUT2D eigenvalue weighted by Crippen LogP contribution is -2.36. The molecule has 4 aromatic rings. The lowest BCUT2D eigenvalue weighted by Gasteiger charge is -2.24. The minimum Gasteiger partial charge on any atom is -0.475 e. The van der Waals surface area contributed by atoms with Crippen LogP contribution in [-0.4, -0.2) is 27.6 Å². The summed E-state index contributed by atoms with van der Waals surface area (Å²) in [4.78, 5) is 9.33. The van der Waals surface area contributed by atoms with Crippen molar-refractivity contribution < 1.29 is 4.74 Å². The lowest BCUT2D eigenvalue weighted by molar-refractivity contribution is 0.233. The van der Waals surface area contributed by atoms with Gasteiger partial charge >= 0.3 is 0 Å². The standard InChI is InChI=1S/C25H23N3OS/c1-19-3-2-4-20(13-19)14-25(16-28-11-10-26-18-28)17-29-24(27-25)22-7-5-21(6-8-22)23-9-12-30-15-23/h2-13,15,18H,14,16-17H2,1H3. The van der Waals surface area contributed by atoms with Crippen LogP contribution >= 0.6 is 11.3 Å². The molecule has 4 nitrogen and oxygen atoms in total. The Morgan fingerprint density at radius 2 is 1.93 bits per heavy atom. The zero-order chi connectivity index (χ0) is 20.4. The van der Waals surface area contributed by atoms with E-state index < -0.39 is 0 Å². The first kappa shape index (κ1) is 18.8. The number of imidazole rings is 1. The molecule has 2 aromatic carbocycles. The summed E-state index contributed by atoms with van der Waals surface area (Å²) in [5.41, 5.74) is 5.66. The molecule has 150 valence electrons. The van der Waals surface area contributed by atoms with E-state index in [9.17, 15) is 0 Å². The van der Waals surface area contributed by atoms with Gasteiger partial charge in [-0.05, 0) is 52.6 Å². The van der Waals surface area contributed by atoms with E-state index in [0.29, 0.717) is 6.61 Å². The number of rotatable bonds is 6. The topological polar surface area (TPSA) is 39.4 Å². The Hall–Kier alpha value is -3.18. The Morgan fingerprint density at radius 3 is 2.67 bits per heavy atom. The first-order chi connectivity index (χ1) is 14.7. The summed E-state index contributed by atoms with van der Waals surface area (Å²) in [7, 11) is 0. The van der Waals surface area contributed by atoms with Gasteiger partial charge in [-0.15, -0.1) is 0 Å². The highest BCUT2D eigenvalue weighted by atomic mass is 32.1. The highest BCUT2D eigenvalue weighted by molar-refractivity contribution is 7.08. The van der Waals surface area contributed by atoms with E-state index in [1.165, 1.54) is 22.3 Å². The van der Waals surface area contributed by atoms with Crippen LogP contribution in [0.1, 0.15) is 16.7 Å². The quantitative estimate of drug-likeness (QED) is 0.426. The van der Waals surface area contributed by atoms with Gasteiger partial charge in [0.25, 0.3) is 0 Å². The van der Waals surface area contributed by atoms with Crippen LogP contribution < -0.4 is 0 Å². The predicted octanol–water partition coefficient (Wildman–Crippen LogP) is 5.38. The van der Waals surface area contributed by atoms with E-state index in [4.69, 9.17) is 9.73 Å². The maximum absolute atomic E-state index is 6.16. The number of ether oxygens (including phenoxy) is 1. The monoisotopic (exact) mass is 413 g/mol. The first-order valence-electron chi connectivity index (χ1n) is 10.1. The van der Waals surface area contributed by atoms with Crippen molar-refractivity contribution in [1.29, 1.82) is 0 Å². The molecule has 1 unspecified atom stereocenters. The summed E-state index contributed by atoms with van der Waals surface area (Å²) in [5.74, 6) is 0.722. The number of aryl methyl sites for hydroxylation is 1. The second-order valence-corrected chi connectivity index (χ2v) is 8.70. The Bertz CT molecular complexity index is 1150. The molecule has 0 N–H and O–H groups in total. The zero-order valence-electron chi connectivity index (χ0n) is 16.9. The zero-order valence-corrected chi connectivity index (χ0v) is 17.7. The van der Waals surface area contributed by atoms with Gasteiger partial charge in [-0.25, -0.2) is 9.98 Å². The van der Waals surface area contributed by atoms with Crippen molar-refractivity contribution in [1.82, 2.24) is 9.55 Å². The molecule has 1 aliphatic heterocycles. The number of hydrogen-bond donors (Lipinski definition) is 0. The van der Waals surface area contributed by atoms with Crippen molar-refractivity contribution in [3.8, 4) is 11.1 Å². The smallest absolute Gasteiger partial charge is 0.216 e. The summed E-state index contributed by atoms with van der Waals surface area (Å²) >= 11 is 1.71. The molecule has 0 bridgehead atoms. The van der Waals surface area contributed by atoms with Crippen molar-refractivity contribution in [3.63, 3.8) is 0 Å². The number of aliphatic imine (C=N–C) groups is 1. The summed E-state index contributed by atoms with van der Waals surface area (Å²) in [5, 5.41) is 4.26. The Balaban J connectivity index is 1.45. The molecule has 5 heteroatoms. The van der Waals surface area contributed by atoms with E-state index >= 15 is 0 Å². The number of aromatic nitrogens is 2. The van der Waals surface area contributed by atoms with Gasteiger partial charge in [-0.2, -0.15) is 11.3 Å². The van der Waals surface area contributed by atoms with E-state index in [1.54, 1.807) is 11.3 Å². The summed E-state index contributed by atoms with van der Waals surface area (Å²) in [6.45, 7) is 3.42. The summed E-state index contributed by atoms with van der Waals surface area (Å²) < 4.78 is 8.24. The molecule has 0 fully saturated rings. The minimum atomic E-state index is -0.351. The van der Waals surface area contributed by atoms with Gasteiger partial charge in [-0.3, -0.25) is 0 Å². The fourth-order valence-corrected chi connectivity index (χ4v) is 4.68. The van der Waals surface area contributed by atoms with E-state index in [0.717, 1.165) is 24.4 Å². The maximum atomic E-state index is 6.16. The van der Waals surface area contributed by atoms with Crippen LogP contribution in [0.4, 0.5) is 0 Å². The van der Waals surface area contributed by atoms with Crippen LogP contribution in [-0.2, 0) is 17.7 Å². The number of nitrogens with zero attached hydrogens (tertiary/aromatic N) is 3. The summed E-state index contributed by atoms with van der Waals surface area (Å²) in [6, 6.07) is 19.3. The fraction of sp³-hybridized carbons (Fsp3) is 0.200. The number of benzene rings is 2. The van der Waals surface area contributed by atoms with Gasteiger partial charge in [0.2, 0.25) is 5.90 Å². The van der Waals surface area contributed by atoms with Gasteiger partial charge < -0.3 is 9.30 Å².